The number of aliphatic hydroxyl groups excluding tert-OH is 2. The van der Waals surface area contributed by atoms with Gasteiger partial charge in [0.1, 0.15) is 0 Å². The predicted molar refractivity (Wildman–Crippen MR) is 319 cm³/mol. The van der Waals surface area contributed by atoms with E-state index in [1.165, 1.54) is 212 Å². The first-order valence-corrected chi connectivity index (χ1v) is 32.1. The highest BCUT2D eigenvalue weighted by Crippen LogP contribution is 2.17. The number of carbonyl (C=O) groups is 2. The molecule has 1 amide bonds. The van der Waals surface area contributed by atoms with E-state index in [0.717, 1.165) is 89.9 Å². The van der Waals surface area contributed by atoms with Gasteiger partial charge in [-0.15, -0.1) is 0 Å². The van der Waals surface area contributed by atoms with Gasteiger partial charge in [-0.3, -0.25) is 9.59 Å². The second-order valence-electron chi connectivity index (χ2n) is 21.8. The summed E-state index contributed by atoms with van der Waals surface area (Å²) < 4.78 is 5.45. The number of aliphatic hydroxyl groups is 2. The van der Waals surface area contributed by atoms with Gasteiger partial charge < -0.3 is 20.3 Å². The van der Waals surface area contributed by atoms with Crippen molar-refractivity contribution in [2.45, 2.75) is 341 Å². The highest BCUT2D eigenvalue weighted by atomic mass is 16.5. The van der Waals surface area contributed by atoms with Crippen LogP contribution in [-0.4, -0.2) is 47.4 Å². The maximum absolute atomic E-state index is 12.5. The molecule has 73 heavy (non-hydrogen) atoms. The molecule has 0 aromatic heterocycles. The molecule has 3 N–H and O–H groups in total. The monoisotopic (exact) mass is 1020 g/mol. The van der Waals surface area contributed by atoms with Crippen molar-refractivity contribution in [2.75, 3.05) is 13.2 Å². The topological polar surface area (TPSA) is 95.9 Å². The Labute approximate surface area is 454 Å². The van der Waals surface area contributed by atoms with Crippen molar-refractivity contribution in [1.82, 2.24) is 5.32 Å². The summed E-state index contributed by atoms with van der Waals surface area (Å²) in [6, 6.07) is -0.638. The van der Waals surface area contributed by atoms with Crippen molar-refractivity contribution in [2.24, 2.45) is 0 Å². The molecule has 0 bridgehead atoms. The molecule has 0 saturated carbocycles. The summed E-state index contributed by atoms with van der Waals surface area (Å²) in [6.07, 6.45) is 81.2. The second kappa shape index (κ2) is 62.1. The fraction of sp³-hybridized carbons (Fsp3) is 0.821. The van der Waals surface area contributed by atoms with Gasteiger partial charge in [0, 0.05) is 12.8 Å². The van der Waals surface area contributed by atoms with Crippen molar-refractivity contribution in [1.29, 1.82) is 0 Å². The third kappa shape index (κ3) is 58.7. The lowest BCUT2D eigenvalue weighted by atomic mass is 10.0. The molecular weight excluding hydrogens is 899 g/mol. The molecule has 426 valence electrons. The van der Waals surface area contributed by atoms with Crippen molar-refractivity contribution >= 4 is 11.9 Å². The second-order valence-corrected chi connectivity index (χ2v) is 21.8. The van der Waals surface area contributed by atoms with Gasteiger partial charge >= 0.3 is 5.97 Å². The van der Waals surface area contributed by atoms with Crippen LogP contribution in [0.25, 0.3) is 0 Å². The van der Waals surface area contributed by atoms with Crippen LogP contribution in [0.5, 0.6) is 0 Å². The van der Waals surface area contributed by atoms with Crippen LogP contribution < -0.4 is 5.32 Å². The molecule has 0 spiro atoms. The molecule has 0 radical (unpaired) electrons. The van der Waals surface area contributed by atoms with Crippen LogP contribution in [0.3, 0.4) is 0 Å². The molecule has 0 saturated heterocycles. The van der Waals surface area contributed by atoms with Gasteiger partial charge in [0.25, 0.3) is 0 Å². The minimum absolute atomic E-state index is 0.0284. The van der Waals surface area contributed by atoms with Crippen LogP contribution in [0.2, 0.25) is 0 Å². The lowest BCUT2D eigenvalue weighted by Crippen LogP contribution is -2.45. The first-order chi connectivity index (χ1) is 36.0. The van der Waals surface area contributed by atoms with Gasteiger partial charge in [-0.2, -0.15) is 0 Å². The smallest absolute Gasteiger partial charge is 0.305 e. The van der Waals surface area contributed by atoms with Gasteiger partial charge in [0.05, 0.1) is 25.4 Å². The van der Waals surface area contributed by atoms with Crippen LogP contribution >= 0.6 is 0 Å². The lowest BCUT2D eigenvalue weighted by Gasteiger charge is -2.20. The van der Waals surface area contributed by atoms with E-state index in [4.69, 9.17) is 4.74 Å². The van der Waals surface area contributed by atoms with Crippen molar-refractivity contribution < 1.29 is 24.5 Å². The summed E-state index contributed by atoms with van der Waals surface area (Å²) in [7, 11) is 0. The Morgan fingerprint density at radius 2 is 0.726 bits per heavy atom. The Balaban J connectivity index is 3.52. The molecule has 2 unspecified atom stereocenters. The minimum atomic E-state index is -0.854. The molecule has 2 atom stereocenters. The number of ether oxygens (including phenoxy) is 1. The molecule has 0 aliphatic heterocycles. The van der Waals surface area contributed by atoms with E-state index in [2.05, 4.69) is 67.8 Å². The van der Waals surface area contributed by atoms with E-state index in [1.54, 1.807) is 6.08 Å². The van der Waals surface area contributed by atoms with Crippen LogP contribution in [-0.2, 0) is 14.3 Å². The van der Waals surface area contributed by atoms with Crippen molar-refractivity contribution in [3.8, 4) is 0 Å². The number of allylic oxidation sites excluding steroid dienone is 9. The fourth-order valence-electron chi connectivity index (χ4n) is 9.60. The molecular formula is C67H123NO5. The SMILES string of the molecule is CCCCC/C=C\C/C=C\CCCCCCCC(=O)OCCCCC/C=C\C=C/CCCCCCCCCCCCC(=O)NC(CO)C(O)/C=C/CCCCCCCCCCCCCCCCCCCCCC. The van der Waals surface area contributed by atoms with E-state index >= 15 is 0 Å². The molecule has 0 aromatic rings. The summed E-state index contributed by atoms with van der Waals surface area (Å²) in [5.74, 6) is -0.105. The summed E-state index contributed by atoms with van der Waals surface area (Å²) in [4.78, 5) is 24.5. The quantitative estimate of drug-likeness (QED) is 0.0244. The summed E-state index contributed by atoms with van der Waals surface area (Å²) in [5, 5.41) is 23.2. The molecule has 0 fully saturated rings. The van der Waals surface area contributed by atoms with Crippen LogP contribution in [0.4, 0.5) is 0 Å². The number of unbranched alkanes of at least 4 members (excludes halogenated alkanes) is 41. The zero-order chi connectivity index (χ0) is 52.9. The first-order valence-electron chi connectivity index (χ1n) is 32.1. The standard InChI is InChI=1S/C67H123NO5/c1-3-5-7-9-11-13-15-17-19-20-21-22-23-25-28-32-35-39-43-47-51-55-59-65(70)64(63-69)68-66(71)60-56-52-48-44-40-36-33-29-26-24-27-30-34-38-42-46-50-54-58-62-73-67(72)61-57-53-49-45-41-37-31-18-16-14-12-10-8-6-4-2/h12,14,18,30-31,34,38,42,55,59,64-65,69-70H,3-11,13,15-17,19-29,32-33,35-37,39-41,43-54,56-58,60-63H2,1-2H3,(H,68,71)/b14-12-,31-18-,34-30-,42-38-,59-55+. The number of esters is 1. The maximum atomic E-state index is 12.5. The van der Waals surface area contributed by atoms with Gasteiger partial charge in [-0.1, -0.05) is 280 Å². The third-order valence-electron chi connectivity index (χ3n) is 14.5. The predicted octanol–water partition coefficient (Wildman–Crippen LogP) is 20.3. The third-order valence-corrected chi connectivity index (χ3v) is 14.5. The highest BCUT2D eigenvalue weighted by Gasteiger charge is 2.18. The Hall–Kier alpha value is -2.44. The minimum Gasteiger partial charge on any atom is -0.466 e. The molecule has 0 aromatic carbocycles. The van der Waals surface area contributed by atoms with E-state index in [0.29, 0.717) is 19.4 Å². The number of amides is 1. The van der Waals surface area contributed by atoms with E-state index in [-0.39, 0.29) is 18.5 Å². The number of rotatable bonds is 59. The number of hydrogen-bond acceptors (Lipinski definition) is 5. The van der Waals surface area contributed by atoms with E-state index < -0.39 is 12.1 Å². The Morgan fingerprint density at radius 3 is 1.15 bits per heavy atom. The van der Waals surface area contributed by atoms with Gasteiger partial charge in [-0.05, 0) is 96.3 Å². The molecule has 0 heterocycles. The average Bonchev–Trinajstić information content (AvgIpc) is 3.39. The zero-order valence-electron chi connectivity index (χ0n) is 48.6. The van der Waals surface area contributed by atoms with Gasteiger partial charge in [-0.25, -0.2) is 0 Å². The van der Waals surface area contributed by atoms with E-state index in [9.17, 15) is 19.8 Å². The van der Waals surface area contributed by atoms with E-state index in [1.807, 2.05) is 6.08 Å². The fourth-order valence-corrected chi connectivity index (χ4v) is 9.60. The Morgan fingerprint density at radius 1 is 0.397 bits per heavy atom. The number of hydrogen-bond donors (Lipinski definition) is 3. The van der Waals surface area contributed by atoms with Crippen molar-refractivity contribution in [3.05, 3.63) is 60.8 Å². The van der Waals surface area contributed by atoms with Crippen molar-refractivity contribution in [3.63, 3.8) is 0 Å². The molecule has 6 heteroatoms. The molecule has 0 aliphatic rings. The molecule has 0 aliphatic carbocycles. The number of nitrogens with one attached hydrogen (secondary N) is 1. The summed E-state index contributed by atoms with van der Waals surface area (Å²) in [5.41, 5.74) is 0. The largest absolute Gasteiger partial charge is 0.466 e. The van der Waals surface area contributed by atoms with Crippen LogP contribution in [0, 0.1) is 0 Å². The first kappa shape index (κ1) is 70.6. The molecule has 0 rings (SSSR count). The normalized spacial score (nSPS) is 13.0. The van der Waals surface area contributed by atoms with Gasteiger partial charge in [0.2, 0.25) is 5.91 Å². The van der Waals surface area contributed by atoms with Crippen LogP contribution in [0.15, 0.2) is 60.8 Å². The number of carbonyl (C=O) groups excluding carboxylic acids is 2. The average molecular weight is 1020 g/mol. The lowest BCUT2D eigenvalue weighted by molar-refractivity contribution is -0.143. The van der Waals surface area contributed by atoms with Crippen LogP contribution in [0.1, 0.15) is 328 Å². The summed E-state index contributed by atoms with van der Waals surface area (Å²) in [6.45, 7) is 4.84. The Bertz CT molecular complexity index is 1270. The molecule has 6 nitrogen and oxygen atoms in total. The zero-order valence-corrected chi connectivity index (χ0v) is 48.6. The highest BCUT2D eigenvalue weighted by molar-refractivity contribution is 5.76. The maximum Gasteiger partial charge on any atom is 0.305 e. The summed E-state index contributed by atoms with van der Waals surface area (Å²) >= 11 is 0. The van der Waals surface area contributed by atoms with Gasteiger partial charge in [0.15, 0.2) is 0 Å². The Kier molecular flexibility index (Phi) is 60.0.